The van der Waals surface area contributed by atoms with Crippen molar-refractivity contribution < 1.29 is 14.3 Å². The van der Waals surface area contributed by atoms with Crippen molar-refractivity contribution in [3.8, 4) is 5.75 Å². The number of ether oxygens (including phenoxy) is 1. The third-order valence-corrected chi connectivity index (χ3v) is 3.64. The number of carbonyl (C=O) groups excluding carboxylic acids is 1. The molecule has 0 fully saturated rings. The minimum absolute atomic E-state index is 0.0248. The number of nitrogens with one attached hydrogen (secondary N) is 1. The van der Waals surface area contributed by atoms with Crippen LogP contribution >= 0.6 is 0 Å². The Labute approximate surface area is 135 Å². The molecule has 1 heterocycles. The van der Waals surface area contributed by atoms with Crippen molar-refractivity contribution in [1.29, 1.82) is 0 Å². The highest BCUT2D eigenvalue weighted by Gasteiger charge is 2.19. The molecule has 0 saturated heterocycles. The number of aromatic nitrogens is 1. The van der Waals surface area contributed by atoms with Gasteiger partial charge in [0.25, 0.3) is 5.91 Å². The summed E-state index contributed by atoms with van der Waals surface area (Å²) in [4.78, 5) is 14.2. The first-order chi connectivity index (χ1) is 11.0. The van der Waals surface area contributed by atoms with Crippen molar-refractivity contribution in [2.75, 3.05) is 27.7 Å². The lowest BCUT2D eigenvalue weighted by Crippen LogP contribution is -2.35. The van der Waals surface area contributed by atoms with Crippen LogP contribution in [0.2, 0.25) is 0 Å². The van der Waals surface area contributed by atoms with Crippen molar-refractivity contribution in [1.82, 2.24) is 10.2 Å². The van der Waals surface area contributed by atoms with E-state index in [0.717, 1.165) is 11.3 Å². The van der Waals surface area contributed by atoms with Crippen LogP contribution in [-0.2, 0) is 0 Å². The summed E-state index contributed by atoms with van der Waals surface area (Å²) in [7, 11) is 5.53. The summed E-state index contributed by atoms with van der Waals surface area (Å²) < 4.78 is 6.05. The van der Waals surface area contributed by atoms with Gasteiger partial charge in [-0.25, -0.2) is 0 Å². The second kappa shape index (κ2) is 7.60. The van der Waals surface area contributed by atoms with Crippen LogP contribution in [-0.4, -0.2) is 38.6 Å². The summed E-state index contributed by atoms with van der Waals surface area (Å²) >= 11 is 0. The van der Waals surface area contributed by atoms with Crippen molar-refractivity contribution in [2.24, 2.45) is 0 Å². The molecule has 0 unspecified atom stereocenters. The Hall–Kier alpha value is -2.60. The zero-order valence-electron chi connectivity index (χ0n) is 13.5. The molecule has 1 N–H and O–H groups in total. The summed E-state index contributed by atoms with van der Waals surface area (Å²) in [6, 6.07) is 10.7. The van der Waals surface area contributed by atoms with E-state index >= 15 is 0 Å². The fraction of sp³-hybridized carbons (Fsp3) is 0.294. The second-order valence-electron chi connectivity index (χ2n) is 5.38. The molecule has 1 atom stereocenters. The molecule has 2 rings (SSSR count). The van der Waals surface area contributed by atoms with Crippen molar-refractivity contribution in [2.45, 2.75) is 6.04 Å². The van der Waals surface area contributed by atoms with Crippen LogP contribution in [0.15, 0.2) is 48.8 Å². The predicted molar refractivity (Wildman–Crippen MR) is 87.2 cm³/mol. The first-order valence-corrected chi connectivity index (χ1v) is 7.29. The van der Waals surface area contributed by atoms with E-state index in [9.17, 15) is 10.0 Å². The zero-order valence-corrected chi connectivity index (χ0v) is 13.5. The van der Waals surface area contributed by atoms with Gasteiger partial charge in [0.15, 0.2) is 12.4 Å². The monoisotopic (exact) mass is 315 g/mol. The number of carbonyl (C=O) groups is 1. The molecule has 122 valence electrons. The molecule has 0 aliphatic carbocycles. The van der Waals surface area contributed by atoms with Gasteiger partial charge in [0, 0.05) is 24.2 Å². The maximum absolute atomic E-state index is 12.2. The Bertz CT molecular complexity index is 656. The number of pyridine rings is 1. The second-order valence-corrected chi connectivity index (χ2v) is 5.38. The number of rotatable bonds is 6. The average molecular weight is 315 g/mol. The van der Waals surface area contributed by atoms with E-state index < -0.39 is 0 Å². The molecular formula is C17H21N3O3. The van der Waals surface area contributed by atoms with Crippen LogP contribution < -0.4 is 14.8 Å². The summed E-state index contributed by atoms with van der Waals surface area (Å²) in [6.07, 6.45) is 2.61. The Balaban J connectivity index is 2.11. The van der Waals surface area contributed by atoms with Gasteiger partial charge >= 0.3 is 0 Å². The van der Waals surface area contributed by atoms with Gasteiger partial charge in [0.05, 0.1) is 18.7 Å². The number of hydrogen-bond donors (Lipinski definition) is 1. The third kappa shape index (κ3) is 4.20. The molecule has 0 saturated carbocycles. The quantitative estimate of drug-likeness (QED) is 0.645. The molecule has 6 nitrogen and oxygen atoms in total. The van der Waals surface area contributed by atoms with Gasteiger partial charge < -0.3 is 20.2 Å². The van der Waals surface area contributed by atoms with Crippen LogP contribution in [0.25, 0.3) is 0 Å². The van der Waals surface area contributed by atoms with E-state index in [1.165, 1.54) is 24.5 Å². The number of amides is 1. The standard InChI is InChI=1S/C17H21N3O3/c1-19(2)15(14-6-4-5-7-16(14)23-3)12-18-17(21)13-8-10-20(22)11-9-13/h4-11,15H,12H2,1-3H3,(H,18,21)/t15-/m0/s1. The molecular weight excluding hydrogens is 294 g/mol. The van der Waals surface area contributed by atoms with Gasteiger partial charge in [-0.3, -0.25) is 4.79 Å². The van der Waals surface area contributed by atoms with E-state index in [1.54, 1.807) is 7.11 Å². The number of hydrogen-bond acceptors (Lipinski definition) is 4. The minimum Gasteiger partial charge on any atom is -0.619 e. The van der Waals surface area contributed by atoms with Gasteiger partial charge in [-0.05, 0) is 20.2 Å². The fourth-order valence-corrected chi connectivity index (χ4v) is 2.37. The summed E-state index contributed by atoms with van der Waals surface area (Å²) in [5, 5.41) is 13.9. The molecule has 1 aromatic heterocycles. The number of nitrogens with zero attached hydrogens (tertiary/aromatic N) is 2. The number of para-hydroxylation sites is 1. The van der Waals surface area contributed by atoms with Crippen LogP contribution in [0.4, 0.5) is 0 Å². The molecule has 0 aliphatic rings. The Morgan fingerprint density at radius 1 is 1.26 bits per heavy atom. The van der Waals surface area contributed by atoms with E-state index in [2.05, 4.69) is 5.32 Å². The molecule has 0 bridgehead atoms. The third-order valence-electron chi connectivity index (χ3n) is 3.64. The van der Waals surface area contributed by atoms with Crippen LogP contribution in [0.1, 0.15) is 22.0 Å². The lowest BCUT2D eigenvalue weighted by atomic mass is 10.0. The normalized spacial score (nSPS) is 12.0. The lowest BCUT2D eigenvalue weighted by Gasteiger charge is -2.26. The SMILES string of the molecule is COc1ccccc1[C@H](CNC(=O)c1cc[n+]([O-])cc1)N(C)C. The number of likely N-dealkylation sites (N-methyl/N-ethyl adjacent to an activating group) is 1. The minimum atomic E-state index is -0.215. The van der Waals surface area contributed by atoms with Crippen LogP contribution in [0, 0.1) is 5.21 Å². The summed E-state index contributed by atoms with van der Waals surface area (Å²) in [5.41, 5.74) is 1.46. The smallest absolute Gasteiger partial charge is 0.251 e. The van der Waals surface area contributed by atoms with Gasteiger partial charge in [-0.15, -0.1) is 0 Å². The highest BCUT2D eigenvalue weighted by Crippen LogP contribution is 2.27. The maximum atomic E-state index is 12.2. The summed E-state index contributed by atoms with van der Waals surface area (Å²) in [5.74, 6) is 0.569. The highest BCUT2D eigenvalue weighted by molar-refractivity contribution is 5.93. The molecule has 0 radical (unpaired) electrons. The first kappa shape index (κ1) is 16.8. The Morgan fingerprint density at radius 3 is 2.52 bits per heavy atom. The summed E-state index contributed by atoms with van der Waals surface area (Å²) in [6.45, 7) is 0.429. The molecule has 6 heteroatoms. The molecule has 0 aliphatic heterocycles. The van der Waals surface area contributed by atoms with Gasteiger partial charge in [0.1, 0.15) is 5.75 Å². The molecule has 0 spiro atoms. The zero-order chi connectivity index (χ0) is 16.8. The van der Waals surface area contributed by atoms with E-state index in [0.29, 0.717) is 16.8 Å². The van der Waals surface area contributed by atoms with E-state index in [1.807, 2.05) is 43.3 Å². The predicted octanol–water partition coefficient (Wildman–Crippen LogP) is 1.36. The van der Waals surface area contributed by atoms with Crippen LogP contribution in [0.3, 0.4) is 0 Å². The lowest BCUT2D eigenvalue weighted by molar-refractivity contribution is -0.605. The fourth-order valence-electron chi connectivity index (χ4n) is 2.37. The number of methoxy groups -OCH3 is 1. The largest absolute Gasteiger partial charge is 0.619 e. The highest BCUT2D eigenvalue weighted by atomic mass is 16.5. The Kier molecular flexibility index (Phi) is 5.54. The average Bonchev–Trinajstić information content (AvgIpc) is 2.55. The van der Waals surface area contributed by atoms with Gasteiger partial charge in [-0.2, -0.15) is 4.73 Å². The van der Waals surface area contributed by atoms with Crippen molar-refractivity contribution in [3.05, 3.63) is 65.1 Å². The van der Waals surface area contributed by atoms with Gasteiger partial charge in [0.2, 0.25) is 0 Å². The molecule has 23 heavy (non-hydrogen) atoms. The van der Waals surface area contributed by atoms with Gasteiger partial charge in [-0.1, -0.05) is 18.2 Å². The molecule has 1 amide bonds. The Morgan fingerprint density at radius 2 is 1.91 bits per heavy atom. The van der Waals surface area contributed by atoms with Crippen molar-refractivity contribution >= 4 is 5.91 Å². The maximum Gasteiger partial charge on any atom is 0.251 e. The first-order valence-electron chi connectivity index (χ1n) is 7.29. The van der Waals surface area contributed by atoms with E-state index in [4.69, 9.17) is 4.74 Å². The molecule has 1 aromatic carbocycles. The molecule has 2 aromatic rings. The topological polar surface area (TPSA) is 68.5 Å². The van der Waals surface area contributed by atoms with Crippen LogP contribution in [0.5, 0.6) is 5.75 Å². The number of benzene rings is 1. The van der Waals surface area contributed by atoms with Crippen molar-refractivity contribution in [3.63, 3.8) is 0 Å². The van der Waals surface area contributed by atoms with E-state index in [-0.39, 0.29) is 11.9 Å².